The van der Waals surface area contributed by atoms with Crippen LogP contribution < -0.4 is 14.8 Å². The van der Waals surface area contributed by atoms with E-state index >= 15 is 0 Å². The van der Waals surface area contributed by atoms with Crippen LogP contribution in [0.2, 0.25) is 0 Å². The molecule has 0 radical (unpaired) electrons. The summed E-state index contributed by atoms with van der Waals surface area (Å²) in [5.74, 6) is -6.71. The number of aliphatic carboxylic acids is 1. The Kier molecular flexibility index (Phi) is 5.59. The smallest absolute Gasteiger partial charge is 0.412 e. The van der Waals surface area contributed by atoms with Gasteiger partial charge in [-0.1, -0.05) is 0 Å². The molecule has 134 valence electrons. The van der Waals surface area contributed by atoms with Gasteiger partial charge in [-0.25, -0.2) is 9.59 Å². The van der Waals surface area contributed by atoms with Crippen molar-refractivity contribution in [3.05, 3.63) is 17.7 Å². The molecule has 0 spiro atoms. The molecule has 0 aliphatic heterocycles. The minimum absolute atomic E-state index is 0.0356. The van der Waals surface area contributed by atoms with Gasteiger partial charge in [0.2, 0.25) is 0 Å². The molecule has 1 amide bonds. The monoisotopic (exact) mass is 347 g/mol. The molecule has 1 aromatic rings. The van der Waals surface area contributed by atoms with E-state index in [1.807, 2.05) is 0 Å². The number of rotatable bonds is 5. The first-order chi connectivity index (χ1) is 10.9. The predicted octanol–water partition coefficient (Wildman–Crippen LogP) is 3.23. The van der Waals surface area contributed by atoms with Crippen LogP contribution in [0.15, 0.2) is 12.1 Å². The lowest BCUT2D eigenvalue weighted by Crippen LogP contribution is -2.30. The van der Waals surface area contributed by atoms with Crippen LogP contribution in [-0.4, -0.2) is 37.0 Å². The van der Waals surface area contributed by atoms with Crippen LogP contribution in [-0.2, 0) is 15.5 Å². The van der Waals surface area contributed by atoms with Gasteiger partial charge < -0.3 is 19.3 Å². The van der Waals surface area contributed by atoms with Crippen molar-refractivity contribution in [3.8, 4) is 11.5 Å². The van der Waals surface area contributed by atoms with Gasteiger partial charge in [-0.3, -0.25) is 5.32 Å². The number of carbonyl (C=O) groups excluding carboxylic acids is 1. The van der Waals surface area contributed by atoms with Gasteiger partial charge in [0.05, 0.1) is 25.5 Å². The summed E-state index contributed by atoms with van der Waals surface area (Å²) in [7, 11) is 2.48. The highest BCUT2D eigenvalue weighted by Crippen LogP contribution is 2.41. The molecule has 1 rings (SSSR count). The minimum atomic E-state index is -4.26. The number of ether oxygens (including phenoxy) is 3. The fourth-order valence-corrected chi connectivity index (χ4v) is 1.77. The third-order valence-electron chi connectivity index (χ3n) is 2.77. The first-order valence-corrected chi connectivity index (χ1v) is 6.80. The summed E-state index contributed by atoms with van der Waals surface area (Å²) in [6, 6.07) is 1.83. The number of methoxy groups -OCH3 is 2. The van der Waals surface area contributed by atoms with E-state index in [1.165, 1.54) is 14.2 Å². The lowest BCUT2D eigenvalue weighted by Gasteiger charge is -2.22. The number of anilines is 1. The number of amides is 1. The van der Waals surface area contributed by atoms with Crippen molar-refractivity contribution in [3.63, 3.8) is 0 Å². The Morgan fingerprint density at radius 2 is 1.58 bits per heavy atom. The van der Waals surface area contributed by atoms with E-state index in [0.29, 0.717) is 0 Å². The lowest BCUT2D eigenvalue weighted by molar-refractivity contribution is -0.166. The van der Waals surface area contributed by atoms with Crippen LogP contribution in [0.3, 0.4) is 0 Å². The number of carboxylic acids is 1. The highest BCUT2D eigenvalue weighted by molar-refractivity contribution is 5.89. The first-order valence-electron chi connectivity index (χ1n) is 6.80. The molecule has 7 nitrogen and oxygen atoms in total. The fourth-order valence-electron chi connectivity index (χ4n) is 1.77. The van der Waals surface area contributed by atoms with Crippen LogP contribution >= 0.6 is 0 Å². The van der Waals surface area contributed by atoms with Crippen LogP contribution in [0, 0.1) is 0 Å². The molecular formula is C15H19F2NO6. The third-order valence-corrected chi connectivity index (χ3v) is 2.77. The fraction of sp³-hybridized carbons (Fsp3) is 0.467. The second-order valence-electron chi connectivity index (χ2n) is 5.76. The first kappa shape index (κ1) is 19.5. The number of hydrogen-bond acceptors (Lipinski definition) is 5. The number of hydrogen-bond donors (Lipinski definition) is 2. The second-order valence-corrected chi connectivity index (χ2v) is 5.76. The van der Waals surface area contributed by atoms with Crippen molar-refractivity contribution < 1.29 is 37.7 Å². The van der Waals surface area contributed by atoms with E-state index in [1.54, 1.807) is 20.8 Å². The Morgan fingerprint density at radius 3 is 2.00 bits per heavy atom. The standard InChI is InChI=1S/C15H19F2NO6/c1-14(2,3)24-13(21)18-9-7-11(23-5)10(22-4)6-8(9)15(16,17)12(19)20/h6-7H,1-5H3,(H,18,21)(H,19,20). The molecule has 9 heteroatoms. The van der Waals surface area contributed by atoms with Crippen molar-refractivity contribution in [2.24, 2.45) is 0 Å². The molecule has 0 atom stereocenters. The summed E-state index contributed by atoms with van der Waals surface area (Å²) >= 11 is 0. The minimum Gasteiger partial charge on any atom is -0.493 e. The molecule has 0 aliphatic carbocycles. The highest BCUT2D eigenvalue weighted by Gasteiger charge is 2.44. The van der Waals surface area contributed by atoms with Gasteiger partial charge in [-0.05, 0) is 26.8 Å². The third kappa shape index (κ3) is 4.46. The van der Waals surface area contributed by atoms with Crippen molar-refractivity contribution in [2.75, 3.05) is 19.5 Å². The van der Waals surface area contributed by atoms with Gasteiger partial charge in [-0.2, -0.15) is 8.78 Å². The zero-order valence-electron chi connectivity index (χ0n) is 13.9. The number of carbonyl (C=O) groups is 2. The molecular weight excluding hydrogens is 328 g/mol. The molecule has 1 aromatic carbocycles. The summed E-state index contributed by atoms with van der Waals surface area (Å²) < 4.78 is 42.8. The predicted molar refractivity (Wildman–Crippen MR) is 80.9 cm³/mol. The number of benzene rings is 1. The van der Waals surface area contributed by atoms with Crippen molar-refractivity contribution in [1.29, 1.82) is 0 Å². The maximum atomic E-state index is 14.0. The van der Waals surface area contributed by atoms with Crippen molar-refractivity contribution >= 4 is 17.7 Å². The van der Waals surface area contributed by atoms with Crippen LogP contribution in [0.1, 0.15) is 26.3 Å². The van der Waals surface area contributed by atoms with Gasteiger partial charge in [0.1, 0.15) is 5.60 Å². The number of nitrogens with one attached hydrogen (secondary N) is 1. The Hall–Kier alpha value is -2.58. The van der Waals surface area contributed by atoms with Gasteiger partial charge in [0, 0.05) is 6.07 Å². The van der Waals surface area contributed by atoms with E-state index in [4.69, 9.17) is 19.3 Å². The Bertz CT molecular complexity index is 640. The Morgan fingerprint density at radius 1 is 1.08 bits per heavy atom. The lowest BCUT2D eigenvalue weighted by atomic mass is 10.0. The SMILES string of the molecule is COc1cc(NC(=O)OC(C)(C)C)c(C(F)(F)C(=O)O)cc1OC. The summed E-state index contributed by atoms with van der Waals surface area (Å²) in [6.45, 7) is 4.77. The van der Waals surface area contributed by atoms with Gasteiger partial charge >= 0.3 is 18.0 Å². The maximum Gasteiger partial charge on any atom is 0.412 e. The zero-order chi connectivity index (χ0) is 18.7. The number of carboxylic acid groups (broad SMARTS) is 1. The molecule has 0 bridgehead atoms. The maximum absolute atomic E-state index is 14.0. The van der Waals surface area contributed by atoms with Gasteiger partial charge in [-0.15, -0.1) is 0 Å². The number of alkyl halides is 2. The van der Waals surface area contributed by atoms with E-state index in [2.05, 4.69) is 5.32 Å². The Balaban J connectivity index is 3.40. The molecule has 0 unspecified atom stereocenters. The molecule has 0 fully saturated rings. The van der Waals surface area contributed by atoms with E-state index in [-0.39, 0.29) is 11.5 Å². The normalized spacial score (nSPS) is 11.6. The molecule has 0 aromatic heterocycles. The van der Waals surface area contributed by atoms with Crippen molar-refractivity contribution in [2.45, 2.75) is 32.3 Å². The topological polar surface area (TPSA) is 94.1 Å². The van der Waals surface area contributed by atoms with Gasteiger partial charge in [0.15, 0.2) is 11.5 Å². The number of halogens is 2. The summed E-state index contributed by atoms with van der Waals surface area (Å²) in [5, 5.41) is 10.9. The average molecular weight is 347 g/mol. The summed E-state index contributed by atoms with van der Waals surface area (Å²) in [5.41, 5.74) is -2.29. The van der Waals surface area contributed by atoms with E-state index in [9.17, 15) is 18.4 Å². The van der Waals surface area contributed by atoms with E-state index < -0.39 is 34.8 Å². The molecule has 2 N–H and O–H groups in total. The molecule has 0 saturated heterocycles. The summed E-state index contributed by atoms with van der Waals surface area (Å²) in [6.07, 6.45) is -1.02. The molecule has 24 heavy (non-hydrogen) atoms. The summed E-state index contributed by atoms with van der Waals surface area (Å²) in [4.78, 5) is 22.7. The molecule has 0 saturated carbocycles. The highest BCUT2D eigenvalue weighted by atomic mass is 19.3. The van der Waals surface area contributed by atoms with Crippen LogP contribution in [0.25, 0.3) is 0 Å². The zero-order valence-corrected chi connectivity index (χ0v) is 13.9. The Labute approximate surface area is 137 Å². The molecule has 0 aliphatic rings. The van der Waals surface area contributed by atoms with Crippen molar-refractivity contribution in [1.82, 2.24) is 0 Å². The van der Waals surface area contributed by atoms with E-state index in [0.717, 1.165) is 12.1 Å². The van der Waals surface area contributed by atoms with Crippen LogP contribution in [0.5, 0.6) is 11.5 Å². The quantitative estimate of drug-likeness (QED) is 0.849. The molecule has 0 heterocycles. The van der Waals surface area contributed by atoms with Crippen LogP contribution in [0.4, 0.5) is 19.3 Å². The largest absolute Gasteiger partial charge is 0.493 e. The second kappa shape index (κ2) is 6.90. The van der Waals surface area contributed by atoms with Gasteiger partial charge in [0.25, 0.3) is 0 Å². The average Bonchev–Trinajstić information content (AvgIpc) is 2.44.